The number of nitrogen functional groups attached to an aromatic ring is 1. The number of anilines is 1. The van der Waals surface area contributed by atoms with Crippen molar-refractivity contribution in [2.24, 2.45) is 0 Å². The summed E-state index contributed by atoms with van der Waals surface area (Å²) in [6, 6.07) is 0. The number of aromatic nitrogens is 2. The Morgan fingerprint density at radius 2 is 2.27 bits per heavy atom. The van der Waals surface area contributed by atoms with Crippen molar-refractivity contribution < 1.29 is 22.7 Å². The molecule has 0 aliphatic heterocycles. The smallest absolute Gasteiger partial charge is 0.408 e. The first-order chi connectivity index (χ1) is 6.83. The van der Waals surface area contributed by atoms with E-state index in [4.69, 9.17) is 5.73 Å². The molecule has 0 saturated heterocycles. The fraction of sp³-hybridized carbons (Fsp3) is 0.429. The van der Waals surface area contributed by atoms with Gasteiger partial charge in [-0.1, -0.05) is 0 Å². The van der Waals surface area contributed by atoms with E-state index in [0.717, 1.165) is 13.3 Å². The molecule has 1 rings (SSSR count). The Morgan fingerprint density at radius 3 is 2.73 bits per heavy atom. The van der Waals surface area contributed by atoms with Gasteiger partial charge in [-0.25, -0.2) is 4.79 Å². The number of methoxy groups -OCH3 is 1. The van der Waals surface area contributed by atoms with Crippen molar-refractivity contribution in [1.29, 1.82) is 0 Å². The van der Waals surface area contributed by atoms with Gasteiger partial charge in [0.1, 0.15) is 6.54 Å². The van der Waals surface area contributed by atoms with Crippen LogP contribution in [0.2, 0.25) is 0 Å². The van der Waals surface area contributed by atoms with Crippen LogP contribution in [0.25, 0.3) is 0 Å². The zero-order valence-electron chi connectivity index (χ0n) is 7.71. The van der Waals surface area contributed by atoms with Crippen LogP contribution in [0.4, 0.5) is 18.9 Å². The van der Waals surface area contributed by atoms with E-state index in [0.29, 0.717) is 4.68 Å². The molecule has 1 heterocycles. The predicted octanol–water partition coefficient (Wildman–Crippen LogP) is 0.814. The number of hydrogen-bond acceptors (Lipinski definition) is 4. The third kappa shape index (κ3) is 2.86. The summed E-state index contributed by atoms with van der Waals surface area (Å²) >= 11 is 0. The number of hydrogen-bond donors (Lipinski definition) is 1. The van der Waals surface area contributed by atoms with E-state index in [1.54, 1.807) is 0 Å². The fourth-order valence-electron chi connectivity index (χ4n) is 0.957. The highest BCUT2D eigenvalue weighted by molar-refractivity contribution is 5.92. The van der Waals surface area contributed by atoms with Gasteiger partial charge in [0.15, 0.2) is 5.69 Å². The molecule has 0 atom stereocenters. The van der Waals surface area contributed by atoms with E-state index in [1.165, 1.54) is 0 Å². The Bertz CT molecular complexity index is 372. The number of esters is 1. The summed E-state index contributed by atoms with van der Waals surface area (Å²) in [7, 11) is 1.09. The normalized spacial score (nSPS) is 11.5. The minimum absolute atomic E-state index is 0.147. The molecule has 0 saturated carbocycles. The van der Waals surface area contributed by atoms with Crippen molar-refractivity contribution in [2.75, 3.05) is 12.8 Å². The van der Waals surface area contributed by atoms with E-state index in [2.05, 4.69) is 9.84 Å². The second kappa shape index (κ2) is 3.79. The van der Waals surface area contributed by atoms with Crippen LogP contribution in [0.1, 0.15) is 10.5 Å². The highest BCUT2D eigenvalue weighted by Gasteiger charge is 2.29. The van der Waals surface area contributed by atoms with Crippen molar-refractivity contribution >= 4 is 11.7 Å². The Balaban J connectivity index is 2.91. The molecule has 0 amide bonds. The van der Waals surface area contributed by atoms with Gasteiger partial charge in [-0.05, 0) is 0 Å². The molecule has 0 radical (unpaired) electrons. The summed E-state index contributed by atoms with van der Waals surface area (Å²) in [6.07, 6.45) is -3.48. The molecule has 84 valence electrons. The lowest BCUT2D eigenvalue weighted by Crippen LogP contribution is -2.18. The number of carbonyl (C=O) groups excluding carboxylic acids is 1. The van der Waals surface area contributed by atoms with Crippen LogP contribution in [0, 0.1) is 0 Å². The van der Waals surface area contributed by atoms with Gasteiger partial charge in [0.25, 0.3) is 0 Å². The van der Waals surface area contributed by atoms with E-state index in [1.807, 2.05) is 0 Å². The maximum absolute atomic E-state index is 11.9. The first-order valence-electron chi connectivity index (χ1n) is 3.81. The van der Waals surface area contributed by atoms with E-state index < -0.39 is 18.7 Å². The van der Waals surface area contributed by atoms with Crippen molar-refractivity contribution in [3.63, 3.8) is 0 Å². The van der Waals surface area contributed by atoms with Crippen LogP contribution in [-0.2, 0) is 11.3 Å². The number of nitrogens with two attached hydrogens (primary N) is 1. The average Bonchev–Trinajstić information content (AvgIpc) is 2.42. The minimum Gasteiger partial charge on any atom is -0.464 e. The Hall–Kier alpha value is -1.73. The Morgan fingerprint density at radius 1 is 1.67 bits per heavy atom. The highest BCUT2D eigenvalue weighted by Crippen LogP contribution is 2.19. The van der Waals surface area contributed by atoms with E-state index >= 15 is 0 Å². The van der Waals surface area contributed by atoms with Gasteiger partial charge < -0.3 is 10.5 Å². The van der Waals surface area contributed by atoms with E-state index in [9.17, 15) is 18.0 Å². The molecule has 0 aliphatic rings. The first-order valence-corrected chi connectivity index (χ1v) is 3.81. The molecular formula is C7H8F3N3O2. The third-order valence-corrected chi connectivity index (χ3v) is 1.51. The molecule has 0 spiro atoms. The topological polar surface area (TPSA) is 70.1 Å². The monoisotopic (exact) mass is 223 g/mol. The lowest BCUT2D eigenvalue weighted by molar-refractivity contribution is -0.142. The van der Waals surface area contributed by atoms with Gasteiger partial charge in [0.05, 0.1) is 12.8 Å². The van der Waals surface area contributed by atoms with E-state index in [-0.39, 0.29) is 11.4 Å². The van der Waals surface area contributed by atoms with Gasteiger partial charge in [0.2, 0.25) is 0 Å². The number of halogens is 3. The molecular weight excluding hydrogens is 215 g/mol. The average molecular weight is 223 g/mol. The number of carbonyl (C=O) groups is 1. The summed E-state index contributed by atoms with van der Waals surface area (Å²) in [5.41, 5.74) is 4.82. The predicted molar refractivity (Wildman–Crippen MR) is 44.0 cm³/mol. The maximum atomic E-state index is 11.9. The molecule has 5 nitrogen and oxygen atoms in total. The van der Waals surface area contributed by atoms with Crippen LogP contribution < -0.4 is 5.73 Å². The number of nitrogens with zero attached hydrogens (tertiary/aromatic N) is 2. The molecule has 0 aromatic carbocycles. The standard InChI is InChI=1S/C7H8F3N3O2/c1-15-6(14)5-4(11)2-13(12-5)3-7(8,9)10/h2H,3,11H2,1H3. The SMILES string of the molecule is COC(=O)c1nn(CC(F)(F)F)cc1N. The van der Waals surface area contributed by atoms with Gasteiger partial charge >= 0.3 is 12.1 Å². The number of ether oxygens (including phenoxy) is 1. The molecule has 0 unspecified atom stereocenters. The molecule has 1 aromatic heterocycles. The lowest BCUT2D eigenvalue weighted by Gasteiger charge is -2.04. The number of rotatable bonds is 2. The van der Waals surface area contributed by atoms with Crippen molar-refractivity contribution in [3.05, 3.63) is 11.9 Å². The van der Waals surface area contributed by atoms with Gasteiger partial charge in [-0.2, -0.15) is 18.3 Å². The summed E-state index contributed by atoms with van der Waals surface area (Å²) in [5, 5.41) is 3.36. The third-order valence-electron chi connectivity index (χ3n) is 1.51. The molecule has 1 aromatic rings. The summed E-state index contributed by atoms with van der Waals surface area (Å²) in [4.78, 5) is 11.0. The Labute approximate surface area is 82.6 Å². The first kappa shape index (κ1) is 11.3. The van der Waals surface area contributed by atoms with Crippen molar-refractivity contribution in [3.8, 4) is 0 Å². The molecule has 2 N–H and O–H groups in total. The molecule has 0 fully saturated rings. The van der Waals surface area contributed by atoms with Gasteiger partial charge in [-0.15, -0.1) is 0 Å². The fourth-order valence-corrected chi connectivity index (χ4v) is 0.957. The van der Waals surface area contributed by atoms with Gasteiger partial charge in [-0.3, -0.25) is 4.68 Å². The largest absolute Gasteiger partial charge is 0.464 e. The zero-order valence-corrected chi connectivity index (χ0v) is 7.71. The van der Waals surface area contributed by atoms with Crippen LogP contribution in [0.15, 0.2) is 6.20 Å². The summed E-state index contributed by atoms with van der Waals surface area (Å²) in [6.45, 7) is -1.30. The summed E-state index contributed by atoms with van der Waals surface area (Å²) < 4.78 is 40.7. The Kier molecular flexibility index (Phi) is 2.87. The zero-order chi connectivity index (χ0) is 11.6. The maximum Gasteiger partial charge on any atom is 0.408 e. The molecule has 0 aliphatic carbocycles. The lowest BCUT2D eigenvalue weighted by atomic mass is 10.4. The quantitative estimate of drug-likeness (QED) is 0.753. The van der Waals surface area contributed by atoms with Crippen LogP contribution in [-0.4, -0.2) is 29.0 Å². The van der Waals surface area contributed by atoms with Crippen LogP contribution in [0.3, 0.4) is 0 Å². The molecule has 8 heteroatoms. The van der Waals surface area contributed by atoms with Crippen molar-refractivity contribution in [2.45, 2.75) is 12.7 Å². The highest BCUT2D eigenvalue weighted by atomic mass is 19.4. The van der Waals surface area contributed by atoms with Gasteiger partial charge in [0, 0.05) is 6.20 Å². The second-order valence-electron chi connectivity index (χ2n) is 2.74. The summed E-state index contributed by atoms with van der Waals surface area (Å²) in [5.74, 6) is -0.867. The molecule has 15 heavy (non-hydrogen) atoms. The van der Waals surface area contributed by atoms with Crippen LogP contribution >= 0.6 is 0 Å². The minimum atomic E-state index is -4.41. The molecule has 0 bridgehead atoms. The van der Waals surface area contributed by atoms with Crippen molar-refractivity contribution in [1.82, 2.24) is 9.78 Å². The number of alkyl halides is 3. The van der Waals surface area contributed by atoms with Crippen LogP contribution in [0.5, 0.6) is 0 Å². The second-order valence-corrected chi connectivity index (χ2v) is 2.74.